The molecule has 0 aromatic carbocycles. The van der Waals surface area contributed by atoms with E-state index in [1.165, 1.54) is 0 Å². The van der Waals surface area contributed by atoms with E-state index in [-0.39, 0.29) is 39.9 Å². The van der Waals surface area contributed by atoms with E-state index in [1.807, 2.05) is 0 Å². The molecule has 0 saturated carbocycles. The van der Waals surface area contributed by atoms with Crippen LogP contribution in [0.25, 0.3) is 0 Å². The van der Waals surface area contributed by atoms with E-state index in [4.69, 9.17) is 30.6 Å². The zero-order valence-electron chi connectivity index (χ0n) is 7.17. The first-order valence-electron chi connectivity index (χ1n) is 3.41. The summed E-state index contributed by atoms with van der Waals surface area (Å²) in [5.74, 6) is 0. The molecule has 13 heavy (non-hydrogen) atoms. The second kappa shape index (κ2) is 14.6. The molecule has 0 radical (unpaired) electrons. The first-order valence-corrected chi connectivity index (χ1v) is 3.41. The highest BCUT2D eigenvalue weighted by Gasteiger charge is 1.94. The van der Waals surface area contributed by atoms with Crippen LogP contribution in [-0.4, -0.2) is 69.3 Å². The molecule has 0 aliphatic heterocycles. The predicted molar refractivity (Wildman–Crippen MR) is 50.7 cm³/mol. The van der Waals surface area contributed by atoms with Gasteiger partial charge in [0, 0.05) is 0 Å². The van der Waals surface area contributed by atoms with E-state index in [2.05, 4.69) is 0 Å². The zero-order valence-corrected chi connectivity index (χ0v) is 8.17. The maximum Gasteiger partial charge on any atom is 0.100 e. The third-order valence-corrected chi connectivity index (χ3v) is 0.843. The summed E-state index contributed by atoms with van der Waals surface area (Å²) in [6.45, 7) is -1.46. The highest BCUT2D eigenvalue weighted by molar-refractivity contribution is 7.59. The molecule has 0 aliphatic carbocycles. The fraction of sp³-hybridized carbons (Fsp3) is 1.00. The lowest BCUT2D eigenvalue weighted by Crippen LogP contribution is -2.15. The molecule has 0 saturated heterocycles. The lowest BCUT2D eigenvalue weighted by molar-refractivity contribution is 0.0450. The second-order valence-corrected chi connectivity index (χ2v) is 2.04. The van der Waals surface area contributed by atoms with E-state index < -0.39 is 12.2 Å². The summed E-state index contributed by atoms with van der Waals surface area (Å²) in [6, 6.07) is 0. The largest absolute Gasteiger partial charge is 0.394 e. The monoisotopic (exact) mass is 218 g/mol. The Morgan fingerprint density at radius 3 is 0.769 bits per heavy atom. The fourth-order valence-corrected chi connectivity index (χ4v) is 0.115. The van der Waals surface area contributed by atoms with Gasteiger partial charge in [0.15, 0.2) is 0 Å². The minimum absolute atomic E-state index is 0. The number of aliphatic hydroxyl groups excluding tert-OH is 6. The van der Waals surface area contributed by atoms with Crippen molar-refractivity contribution >= 4 is 13.5 Å². The molecule has 0 spiro atoms. The Hall–Kier alpha value is 0.110. The van der Waals surface area contributed by atoms with Crippen LogP contribution in [0, 0.1) is 0 Å². The predicted octanol–water partition coefficient (Wildman–Crippen LogP) is -3.22. The van der Waals surface area contributed by atoms with Gasteiger partial charge in [-0.3, -0.25) is 0 Å². The van der Waals surface area contributed by atoms with Crippen LogP contribution in [0.3, 0.4) is 0 Å². The summed E-state index contributed by atoms with van der Waals surface area (Å²) >= 11 is 0. The molecule has 0 amide bonds. The average molecular weight is 218 g/mol. The molecule has 0 aromatic rings. The summed E-state index contributed by atoms with van der Waals surface area (Å²) in [4.78, 5) is 0. The number of rotatable bonds is 4. The Bertz CT molecular complexity index is 65.5. The molecule has 0 bridgehead atoms. The van der Waals surface area contributed by atoms with Gasteiger partial charge in [-0.1, -0.05) is 0 Å². The van der Waals surface area contributed by atoms with Crippen LogP contribution in [0.1, 0.15) is 0 Å². The Labute approximate surface area is 83.5 Å². The third-order valence-electron chi connectivity index (χ3n) is 0.843. The van der Waals surface area contributed by atoms with Crippen molar-refractivity contribution in [3.8, 4) is 0 Å². The maximum absolute atomic E-state index is 8.17. The van der Waals surface area contributed by atoms with Crippen molar-refractivity contribution in [1.29, 1.82) is 0 Å². The van der Waals surface area contributed by atoms with Crippen molar-refractivity contribution in [3.05, 3.63) is 0 Å². The lowest BCUT2D eigenvalue weighted by Gasteiger charge is -1.96. The molecule has 6 nitrogen and oxygen atoms in total. The Morgan fingerprint density at radius 1 is 0.615 bits per heavy atom. The average Bonchev–Trinajstić information content (AvgIpc) is 2.16. The van der Waals surface area contributed by atoms with E-state index >= 15 is 0 Å². The highest BCUT2D eigenvalue weighted by Crippen LogP contribution is 1.72. The number of hydrogen-bond donors (Lipinski definition) is 6. The van der Waals surface area contributed by atoms with Crippen molar-refractivity contribution < 1.29 is 30.6 Å². The Morgan fingerprint density at radius 2 is 0.769 bits per heavy atom. The van der Waals surface area contributed by atoms with Crippen LogP contribution in [0.15, 0.2) is 0 Å². The molecule has 84 valence electrons. The van der Waals surface area contributed by atoms with Gasteiger partial charge in [-0.05, 0) is 0 Å². The smallest absolute Gasteiger partial charge is 0.100 e. The standard InChI is InChI=1S/2C3H8O3.H2S/c2*4-1-3(6)2-5;/h2*3-6H,1-2H2;1H2. The molecule has 0 aromatic heterocycles. The molecule has 0 rings (SSSR count). The minimum atomic E-state index is -0.954. The van der Waals surface area contributed by atoms with Gasteiger partial charge in [0.1, 0.15) is 12.2 Å². The van der Waals surface area contributed by atoms with Gasteiger partial charge in [0.2, 0.25) is 0 Å². The van der Waals surface area contributed by atoms with Gasteiger partial charge in [0.25, 0.3) is 0 Å². The van der Waals surface area contributed by atoms with Crippen molar-refractivity contribution in [2.24, 2.45) is 0 Å². The molecule has 6 N–H and O–H groups in total. The molecule has 0 aliphatic rings. The summed E-state index contributed by atoms with van der Waals surface area (Å²) < 4.78 is 0. The normalized spacial score (nSPS) is 9.23. The summed E-state index contributed by atoms with van der Waals surface area (Å²) in [6.07, 6.45) is -1.91. The summed E-state index contributed by atoms with van der Waals surface area (Å²) in [5, 5.41) is 48.0. The van der Waals surface area contributed by atoms with Crippen LogP contribution < -0.4 is 0 Å². The topological polar surface area (TPSA) is 121 Å². The Kier molecular flexibility index (Phi) is 21.2. The molecular weight excluding hydrogens is 200 g/mol. The van der Waals surface area contributed by atoms with Gasteiger partial charge in [-0.15, -0.1) is 0 Å². The first kappa shape index (κ1) is 18.8. The third kappa shape index (κ3) is 18.8. The molecular formula is C6H18O6S. The minimum Gasteiger partial charge on any atom is -0.394 e. The van der Waals surface area contributed by atoms with Crippen LogP contribution in [0.5, 0.6) is 0 Å². The second-order valence-electron chi connectivity index (χ2n) is 2.04. The fourth-order valence-electron chi connectivity index (χ4n) is 0.115. The number of aliphatic hydroxyl groups is 6. The van der Waals surface area contributed by atoms with Crippen LogP contribution in [0.2, 0.25) is 0 Å². The van der Waals surface area contributed by atoms with Crippen molar-refractivity contribution in [2.45, 2.75) is 12.2 Å². The Balaban J connectivity index is -0.000000143. The number of hydrogen-bond acceptors (Lipinski definition) is 6. The molecule has 0 fully saturated rings. The summed E-state index contributed by atoms with van der Waals surface area (Å²) in [7, 11) is 0. The van der Waals surface area contributed by atoms with Crippen molar-refractivity contribution in [3.63, 3.8) is 0 Å². The van der Waals surface area contributed by atoms with Gasteiger partial charge in [-0.2, -0.15) is 13.5 Å². The van der Waals surface area contributed by atoms with E-state index in [0.29, 0.717) is 0 Å². The maximum atomic E-state index is 8.17. The van der Waals surface area contributed by atoms with Gasteiger partial charge < -0.3 is 30.6 Å². The van der Waals surface area contributed by atoms with E-state index in [1.54, 1.807) is 0 Å². The van der Waals surface area contributed by atoms with Crippen LogP contribution in [-0.2, 0) is 0 Å². The van der Waals surface area contributed by atoms with Crippen molar-refractivity contribution in [2.75, 3.05) is 26.4 Å². The molecule has 0 atom stereocenters. The summed E-state index contributed by atoms with van der Waals surface area (Å²) in [5.41, 5.74) is 0. The van der Waals surface area contributed by atoms with Crippen molar-refractivity contribution in [1.82, 2.24) is 0 Å². The van der Waals surface area contributed by atoms with Gasteiger partial charge in [0.05, 0.1) is 26.4 Å². The molecule has 0 heterocycles. The molecule has 7 heteroatoms. The van der Waals surface area contributed by atoms with Crippen LogP contribution >= 0.6 is 13.5 Å². The van der Waals surface area contributed by atoms with E-state index in [0.717, 1.165) is 0 Å². The van der Waals surface area contributed by atoms with Crippen LogP contribution in [0.4, 0.5) is 0 Å². The van der Waals surface area contributed by atoms with Gasteiger partial charge in [-0.25, -0.2) is 0 Å². The van der Waals surface area contributed by atoms with Gasteiger partial charge >= 0.3 is 0 Å². The lowest BCUT2D eigenvalue weighted by atomic mass is 10.4. The quantitative estimate of drug-likeness (QED) is 0.295. The highest BCUT2D eigenvalue weighted by atomic mass is 32.1. The zero-order chi connectivity index (χ0) is 9.98. The SMILES string of the molecule is OCC(O)CO.OCC(O)CO.S. The first-order chi connectivity index (χ1) is 5.62. The molecule has 0 unspecified atom stereocenters. The van der Waals surface area contributed by atoms with E-state index in [9.17, 15) is 0 Å².